The second kappa shape index (κ2) is 8.02. The fourth-order valence-corrected chi connectivity index (χ4v) is 3.08. The number of carbonyl (C=O) groups excluding carboxylic acids is 1. The standard InChI is InChI=1S/C16H17F2N3O3S/c1-25(23,24)21(16-13(17)6-4-7-14(16)18)10-8-15(22)20-11-12-5-2-3-9-19-12/h2-7,9H,8,10-11H2,1H3,(H,20,22). The molecule has 0 unspecified atom stereocenters. The molecule has 0 atom stereocenters. The largest absolute Gasteiger partial charge is 0.350 e. The summed E-state index contributed by atoms with van der Waals surface area (Å²) < 4.78 is 52.1. The van der Waals surface area contributed by atoms with Gasteiger partial charge in [-0.05, 0) is 24.3 Å². The summed E-state index contributed by atoms with van der Waals surface area (Å²) in [5.41, 5.74) is -0.0570. The average Bonchev–Trinajstić information content (AvgIpc) is 2.55. The third-order valence-corrected chi connectivity index (χ3v) is 4.49. The molecule has 0 aliphatic rings. The number of anilines is 1. The molecule has 134 valence electrons. The Morgan fingerprint density at radius 2 is 1.84 bits per heavy atom. The van der Waals surface area contributed by atoms with Gasteiger partial charge in [-0.1, -0.05) is 12.1 Å². The van der Waals surface area contributed by atoms with Crippen LogP contribution in [0, 0.1) is 11.6 Å². The number of sulfonamides is 1. The van der Waals surface area contributed by atoms with Crippen molar-refractivity contribution in [1.29, 1.82) is 0 Å². The zero-order valence-electron chi connectivity index (χ0n) is 13.4. The van der Waals surface area contributed by atoms with E-state index in [0.717, 1.165) is 24.5 Å². The van der Waals surface area contributed by atoms with Gasteiger partial charge in [-0.2, -0.15) is 0 Å². The summed E-state index contributed by atoms with van der Waals surface area (Å²) in [6, 6.07) is 8.26. The first-order valence-electron chi connectivity index (χ1n) is 7.37. The Labute approximate surface area is 144 Å². The van der Waals surface area contributed by atoms with Crippen LogP contribution in [0.1, 0.15) is 12.1 Å². The first kappa shape index (κ1) is 18.8. The highest BCUT2D eigenvalue weighted by Gasteiger charge is 2.24. The molecule has 1 heterocycles. The van der Waals surface area contributed by atoms with Crippen molar-refractivity contribution in [2.24, 2.45) is 0 Å². The van der Waals surface area contributed by atoms with Crippen LogP contribution in [0.15, 0.2) is 42.6 Å². The molecular weight excluding hydrogens is 352 g/mol. The average molecular weight is 369 g/mol. The van der Waals surface area contributed by atoms with Crippen LogP contribution in [0.4, 0.5) is 14.5 Å². The summed E-state index contributed by atoms with van der Waals surface area (Å²) in [5.74, 6) is -2.49. The second-order valence-electron chi connectivity index (χ2n) is 5.25. The van der Waals surface area contributed by atoms with Gasteiger partial charge in [0.25, 0.3) is 0 Å². The number of aromatic nitrogens is 1. The molecule has 0 radical (unpaired) electrons. The van der Waals surface area contributed by atoms with Gasteiger partial charge in [-0.3, -0.25) is 14.1 Å². The normalized spacial score (nSPS) is 11.2. The molecule has 0 spiro atoms. The predicted molar refractivity (Wildman–Crippen MR) is 89.2 cm³/mol. The summed E-state index contributed by atoms with van der Waals surface area (Å²) in [7, 11) is -3.96. The second-order valence-corrected chi connectivity index (χ2v) is 7.16. The molecule has 1 aromatic carbocycles. The maximum atomic E-state index is 13.9. The molecule has 0 bridgehead atoms. The van der Waals surface area contributed by atoms with Crippen LogP contribution in [0.5, 0.6) is 0 Å². The summed E-state index contributed by atoms with van der Waals surface area (Å²) >= 11 is 0. The molecule has 2 rings (SSSR count). The van der Waals surface area contributed by atoms with E-state index >= 15 is 0 Å². The lowest BCUT2D eigenvalue weighted by molar-refractivity contribution is -0.121. The van der Waals surface area contributed by atoms with Crippen molar-refractivity contribution in [3.8, 4) is 0 Å². The van der Waals surface area contributed by atoms with Crippen LogP contribution in [0.3, 0.4) is 0 Å². The maximum absolute atomic E-state index is 13.9. The number of para-hydroxylation sites is 1. The van der Waals surface area contributed by atoms with E-state index in [1.165, 1.54) is 0 Å². The maximum Gasteiger partial charge on any atom is 0.232 e. The van der Waals surface area contributed by atoms with Crippen molar-refractivity contribution < 1.29 is 22.0 Å². The van der Waals surface area contributed by atoms with E-state index in [1.807, 2.05) is 0 Å². The Bertz CT molecular complexity index is 825. The lowest BCUT2D eigenvalue weighted by atomic mass is 10.2. The number of carbonyl (C=O) groups is 1. The van der Waals surface area contributed by atoms with Crippen LogP contribution in [-0.2, 0) is 21.4 Å². The lowest BCUT2D eigenvalue weighted by Gasteiger charge is -2.23. The molecule has 0 aliphatic heterocycles. The molecule has 0 aliphatic carbocycles. The van der Waals surface area contributed by atoms with Gasteiger partial charge in [0, 0.05) is 19.2 Å². The van der Waals surface area contributed by atoms with Crippen LogP contribution in [0.2, 0.25) is 0 Å². The molecule has 9 heteroatoms. The van der Waals surface area contributed by atoms with Crippen molar-refractivity contribution in [2.45, 2.75) is 13.0 Å². The van der Waals surface area contributed by atoms with Crippen molar-refractivity contribution in [3.05, 3.63) is 59.9 Å². The van der Waals surface area contributed by atoms with Gasteiger partial charge < -0.3 is 5.32 Å². The van der Waals surface area contributed by atoms with Crippen LogP contribution in [0.25, 0.3) is 0 Å². The van der Waals surface area contributed by atoms with E-state index < -0.39 is 33.3 Å². The van der Waals surface area contributed by atoms with Gasteiger partial charge in [0.1, 0.15) is 5.69 Å². The predicted octanol–water partition coefficient (Wildman–Crippen LogP) is 1.83. The number of nitrogens with zero attached hydrogens (tertiary/aromatic N) is 2. The highest BCUT2D eigenvalue weighted by molar-refractivity contribution is 7.92. The lowest BCUT2D eigenvalue weighted by Crippen LogP contribution is -2.35. The molecule has 0 fully saturated rings. The first-order chi connectivity index (χ1) is 11.8. The van der Waals surface area contributed by atoms with E-state index in [4.69, 9.17) is 0 Å². The third kappa shape index (κ3) is 5.21. The molecule has 1 aromatic heterocycles. The van der Waals surface area contributed by atoms with Gasteiger partial charge in [0.2, 0.25) is 15.9 Å². The van der Waals surface area contributed by atoms with Crippen LogP contribution in [-0.4, -0.2) is 32.1 Å². The van der Waals surface area contributed by atoms with Crippen molar-refractivity contribution in [3.63, 3.8) is 0 Å². The SMILES string of the molecule is CS(=O)(=O)N(CCC(=O)NCc1ccccn1)c1c(F)cccc1F. The minimum Gasteiger partial charge on any atom is -0.350 e. The van der Waals surface area contributed by atoms with E-state index in [-0.39, 0.29) is 19.5 Å². The summed E-state index contributed by atoms with van der Waals surface area (Å²) in [6.45, 7) is -0.211. The molecule has 0 saturated heterocycles. The molecule has 0 saturated carbocycles. The first-order valence-corrected chi connectivity index (χ1v) is 9.22. The number of rotatable bonds is 7. The molecular formula is C16H17F2N3O3S. The van der Waals surface area contributed by atoms with E-state index in [2.05, 4.69) is 10.3 Å². The van der Waals surface area contributed by atoms with Gasteiger partial charge in [-0.15, -0.1) is 0 Å². The zero-order valence-corrected chi connectivity index (χ0v) is 14.3. The third-order valence-electron chi connectivity index (χ3n) is 3.32. The fourth-order valence-electron chi connectivity index (χ4n) is 2.15. The van der Waals surface area contributed by atoms with Gasteiger partial charge in [0.05, 0.1) is 18.5 Å². The molecule has 6 nitrogen and oxygen atoms in total. The summed E-state index contributed by atoms with van der Waals surface area (Å²) in [5, 5.41) is 2.58. The van der Waals surface area contributed by atoms with E-state index in [9.17, 15) is 22.0 Å². The quantitative estimate of drug-likeness (QED) is 0.808. The Morgan fingerprint density at radius 3 is 2.40 bits per heavy atom. The number of halogens is 2. The van der Waals surface area contributed by atoms with Gasteiger partial charge >= 0.3 is 0 Å². The van der Waals surface area contributed by atoms with Crippen LogP contribution < -0.4 is 9.62 Å². The summed E-state index contributed by atoms with van der Waals surface area (Å²) in [4.78, 5) is 15.9. The number of hydrogen-bond acceptors (Lipinski definition) is 4. The number of nitrogens with one attached hydrogen (secondary N) is 1. The van der Waals surface area contributed by atoms with Crippen molar-refractivity contribution >= 4 is 21.6 Å². The zero-order chi connectivity index (χ0) is 18.4. The van der Waals surface area contributed by atoms with E-state index in [0.29, 0.717) is 10.00 Å². The minimum absolute atomic E-state index is 0.173. The van der Waals surface area contributed by atoms with Gasteiger partial charge in [0.15, 0.2) is 11.6 Å². The minimum atomic E-state index is -3.96. The van der Waals surface area contributed by atoms with Crippen molar-refractivity contribution in [1.82, 2.24) is 10.3 Å². The Morgan fingerprint density at radius 1 is 1.16 bits per heavy atom. The summed E-state index contributed by atoms with van der Waals surface area (Å²) in [6.07, 6.45) is 2.15. The topological polar surface area (TPSA) is 79.4 Å². The number of amides is 1. The van der Waals surface area contributed by atoms with Crippen LogP contribution >= 0.6 is 0 Å². The van der Waals surface area contributed by atoms with Gasteiger partial charge in [-0.25, -0.2) is 17.2 Å². The Kier molecular flexibility index (Phi) is 6.02. The number of hydrogen-bond donors (Lipinski definition) is 1. The Balaban J connectivity index is 2.05. The highest BCUT2D eigenvalue weighted by Crippen LogP contribution is 2.25. The monoisotopic (exact) mass is 369 g/mol. The molecule has 25 heavy (non-hydrogen) atoms. The smallest absolute Gasteiger partial charge is 0.232 e. The molecule has 1 amide bonds. The number of pyridine rings is 1. The fraction of sp³-hybridized carbons (Fsp3) is 0.250. The van der Waals surface area contributed by atoms with E-state index in [1.54, 1.807) is 24.4 Å². The molecule has 1 N–H and O–H groups in total. The number of benzene rings is 1. The van der Waals surface area contributed by atoms with Crippen molar-refractivity contribution in [2.75, 3.05) is 17.1 Å². The Hall–Kier alpha value is -2.55. The highest BCUT2D eigenvalue weighted by atomic mass is 32.2. The molecule has 2 aromatic rings.